The molecule has 5 nitrogen and oxygen atoms in total. The van der Waals surface area contributed by atoms with Gasteiger partial charge >= 0.3 is 5.97 Å². The lowest BCUT2D eigenvalue weighted by Crippen LogP contribution is -2.17. The van der Waals surface area contributed by atoms with Crippen LogP contribution in [0.25, 0.3) is 0 Å². The molecule has 0 bridgehead atoms. The number of carbonyl (C=O) groups is 2. The number of ether oxygens (including phenoxy) is 1. The van der Waals surface area contributed by atoms with Crippen molar-refractivity contribution in [2.24, 2.45) is 0 Å². The summed E-state index contributed by atoms with van der Waals surface area (Å²) >= 11 is 0. The molecular weight excluding hydrogens is 328 g/mol. The number of benzene rings is 2. The summed E-state index contributed by atoms with van der Waals surface area (Å²) in [6.45, 7) is 0.0754. The summed E-state index contributed by atoms with van der Waals surface area (Å²) in [5, 5.41) is 2.78. The number of rotatable bonds is 6. The maximum absolute atomic E-state index is 12.4. The van der Waals surface area contributed by atoms with Crippen LogP contribution >= 0.6 is 0 Å². The lowest BCUT2D eigenvalue weighted by Gasteiger charge is -2.11. The van der Waals surface area contributed by atoms with Crippen molar-refractivity contribution >= 4 is 17.6 Å². The summed E-state index contributed by atoms with van der Waals surface area (Å²) in [5.74, 6) is -0.701. The van der Waals surface area contributed by atoms with Crippen molar-refractivity contribution in [3.8, 4) is 0 Å². The highest BCUT2D eigenvalue weighted by atomic mass is 16.5. The van der Waals surface area contributed by atoms with Gasteiger partial charge in [0.15, 0.2) is 0 Å². The SMILES string of the molecule is O=C(Cc1ccccc1)Nc1ccccc1C(=O)OCc1ccccn1. The van der Waals surface area contributed by atoms with Gasteiger partial charge in [0.1, 0.15) is 6.61 Å². The Morgan fingerprint density at radius 2 is 1.62 bits per heavy atom. The summed E-state index contributed by atoms with van der Waals surface area (Å²) in [4.78, 5) is 28.8. The van der Waals surface area contributed by atoms with Crippen molar-refractivity contribution in [3.05, 3.63) is 95.8 Å². The van der Waals surface area contributed by atoms with Gasteiger partial charge in [0.2, 0.25) is 5.91 Å². The molecule has 0 aliphatic heterocycles. The number of amides is 1. The van der Waals surface area contributed by atoms with Gasteiger partial charge in [0.25, 0.3) is 0 Å². The van der Waals surface area contributed by atoms with E-state index in [2.05, 4.69) is 10.3 Å². The fraction of sp³-hybridized carbons (Fsp3) is 0.0952. The molecule has 0 aliphatic carbocycles. The van der Waals surface area contributed by atoms with E-state index in [1.54, 1.807) is 42.6 Å². The highest BCUT2D eigenvalue weighted by Crippen LogP contribution is 2.17. The minimum Gasteiger partial charge on any atom is -0.456 e. The average Bonchev–Trinajstić information content (AvgIpc) is 2.68. The Balaban J connectivity index is 1.65. The van der Waals surface area contributed by atoms with Crippen LogP contribution in [-0.4, -0.2) is 16.9 Å². The van der Waals surface area contributed by atoms with E-state index >= 15 is 0 Å². The molecule has 2 aromatic carbocycles. The van der Waals surface area contributed by atoms with Crippen molar-refractivity contribution in [2.45, 2.75) is 13.0 Å². The zero-order valence-electron chi connectivity index (χ0n) is 14.1. The van der Waals surface area contributed by atoms with Gasteiger partial charge in [0, 0.05) is 6.20 Å². The molecule has 5 heteroatoms. The van der Waals surface area contributed by atoms with Crippen molar-refractivity contribution in [3.63, 3.8) is 0 Å². The van der Waals surface area contributed by atoms with Crippen molar-refractivity contribution in [1.29, 1.82) is 0 Å². The van der Waals surface area contributed by atoms with Crippen LogP contribution in [0.5, 0.6) is 0 Å². The predicted octanol–water partition coefficient (Wildman–Crippen LogP) is 3.62. The number of anilines is 1. The van der Waals surface area contributed by atoms with E-state index in [0.29, 0.717) is 16.9 Å². The molecule has 0 radical (unpaired) electrons. The Labute approximate surface area is 151 Å². The Morgan fingerprint density at radius 3 is 2.38 bits per heavy atom. The molecule has 0 saturated heterocycles. The van der Waals surface area contributed by atoms with Crippen LogP contribution in [0.2, 0.25) is 0 Å². The Bertz CT molecular complexity index is 880. The third-order valence-electron chi connectivity index (χ3n) is 3.71. The fourth-order valence-corrected chi connectivity index (χ4v) is 2.45. The molecular formula is C21H18N2O3. The number of hydrogen-bond acceptors (Lipinski definition) is 4. The van der Waals surface area contributed by atoms with Crippen molar-refractivity contribution in [2.75, 3.05) is 5.32 Å². The minimum atomic E-state index is -0.508. The molecule has 1 heterocycles. The Kier molecular flexibility index (Phi) is 5.72. The largest absolute Gasteiger partial charge is 0.456 e. The number of hydrogen-bond donors (Lipinski definition) is 1. The normalized spacial score (nSPS) is 10.2. The van der Waals surface area contributed by atoms with Gasteiger partial charge in [-0.25, -0.2) is 4.79 Å². The maximum Gasteiger partial charge on any atom is 0.340 e. The summed E-state index contributed by atoms with van der Waals surface area (Å²) in [6, 6.07) is 21.6. The first-order valence-electron chi connectivity index (χ1n) is 8.22. The van der Waals surface area contributed by atoms with Crippen molar-refractivity contribution < 1.29 is 14.3 Å². The van der Waals surface area contributed by atoms with E-state index in [-0.39, 0.29) is 18.9 Å². The number of carbonyl (C=O) groups excluding carboxylic acids is 2. The molecule has 1 amide bonds. The molecule has 0 saturated carbocycles. The molecule has 0 unspecified atom stereocenters. The zero-order chi connectivity index (χ0) is 18.2. The molecule has 26 heavy (non-hydrogen) atoms. The van der Waals surface area contributed by atoms with Gasteiger partial charge in [-0.15, -0.1) is 0 Å². The molecule has 0 atom stereocenters. The van der Waals surface area contributed by atoms with Crippen LogP contribution in [0.4, 0.5) is 5.69 Å². The monoisotopic (exact) mass is 346 g/mol. The van der Waals surface area contributed by atoms with Gasteiger partial charge in [-0.3, -0.25) is 9.78 Å². The van der Waals surface area contributed by atoms with Crippen LogP contribution in [0.1, 0.15) is 21.6 Å². The molecule has 3 rings (SSSR count). The average molecular weight is 346 g/mol. The first kappa shape index (κ1) is 17.4. The van der Waals surface area contributed by atoms with Crippen LogP contribution in [0.15, 0.2) is 79.0 Å². The highest BCUT2D eigenvalue weighted by Gasteiger charge is 2.15. The number of para-hydroxylation sites is 1. The number of nitrogens with zero attached hydrogens (tertiary/aromatic N) is 1. The van der Waals surface area contributed by atoms with Gasteiger partial charge in [-0.1, -0.05) is 48.5 Å². The zero-order valence-corrected chi connectivity index (χ0v) is 14.1. The van der Waals surface area contributed by atoms with E-state index in [0.717, 1.165) is 5.56 Å². The third-order valence-corrected chi connectivity index (χ3v) is 3.71. The van der Waals surface area contributed by atoms with Crippen molar-refractivity contribution in [1.82, 2.24) is 4.98 Å². The molecule has 1 aromatic heterocycles. The van der Waals surface area contributed by atoms with Crippen LogP contribution in [-0.2, 0) is 22.6 Å². The van der Waals surface area contributed by atoms with Gasteiger partial charge in [-0.2, -0.15) is 0 Å². The molecule has 130 valence electrons. The van der Waals surface area contributed by atoms with E-state index < -0.39 is 5.97 Å². The predicted molar refractivity (Wildman–Crippen MR) is 98.6 cm³/mol. The van der Waals surface area contributed by atoms with Gasteiger partial charge in [-0.05, 0) is 29.8 Å². The third kappa shape index (κ3) is 4.77. The quantitative estimate of drug-likeness (QED) is 0.692. The number of nitrogens with one attached hydrogen (secondary N) is 1. The number of aromatic nitrogens is 1. The molecule has 0 aliphatic rings. The van der Waals surface area contributed by atoms with E-state index in [9.17, 15) is 9.59 Å². The second kappa shape index (κ2) is 8.58. The summed E-state index contributed by atoms with van der Waals surface area (Å²) < 4.78 is 5.30. The fourth-order valence-electron chi connectivity index (χ4n) is 2.45. The topological polar surface area (TPSA) is 68.3 Å². The van der Waals surface area contributed by atoms with Crippen LogP contribution in [0.3, 0.4) is 0 Å². The Morgan fingerprint density at radius 1 is 0.885 bits per heavy atom. The van der Waals surface area contributed by atoms with Crippen LogP contribution < -0.4 is 5.32 Å². The van der Waals surface area contributed by atoms with E-state index in [1.165, 1.54) is 0 Å². The summed E-state index contributed by atoms with van der Waals surface area (Å²) in [6.07, 6.45) is 1.87. The highest BCUT2D eigenvalue weighted by molar-refractivity contribution is 6.01. The van der Waals surface area contributed by atoms with Gasteiger partial charge in [0.05, 0.1) is 23.4 Å². The molecule has 3 aromatic rings. The Hall–Kier alpha value is -3.47. The maximum atomic E-state index is 12.4. The molecule has 1 N–H and O–H groups in total. The van der Waals surface area contributed by atoms with E-state index in [4.69, 9.17) is 4.74 Å². The molecule has 0 fully saturated rings. The lowest BCUT2D eigenvalue weighted by molar-refractivity contribution is -0.115. The number of esters is 1. The standard InChI is InChI=1S/C21H18N2O3/c24-20(14-16-8-2-1-3-9-16)23-19-12-5-4-11-18(19)21(25)26-15-17-10-6-7-13-22-17/h1-13H,14-15H2,(H,23,24). The first-order chi connectivity index (χ1) is 12.7. The summed E-state index contributed by atoms with van der Waals surface area (Å²) in [5.41, 5.74) is 2.30. The molecule has 0 spiro atoms. The minimum absolute atomic E-state index is 0.0754. The second-order valence-electron chi connectivity index (χ2n) is 5.65. The smallest absolute Gasteiger partial charge is 0.340 e. The number of pyridine rings is 1. The first-order valence-corrected chi connectivity index (χ1v) is 8.22. The lowest BCUT2D eigenvalue weighted by atomic mass is 10.1. The second-order valence-corrected chi connectivity index (χ2v) is 5.65. The van der Waals surface area contributed by atoms with E-state index in [1.807, 2.05) is 36.4 Å². The van der Waals surface area contributed by atoms with Crippen LogP contribution in [0, 0.1) is 0 Å². The van der Waals surface area contributed by atoms with Gasteiger partial charge < -0.3 is 10.1 Å². The summed E-state index contributed by atoms with van der Waals surface area (Å²) in [7, 11) is 0.